The highest BCUT2D eigenvalue weighted by molar-refractivity contribution is 6.18. The van der Waals surface area contributed by atoms with E-state index in [0.29, 0.717) is 5.88 Å². The first kappa shape index (κ1) is 10.3. The van der Waals surface area contributed by atoms with E-state index in [1.807, 2.05) is 39.0 Å². The van der Waals surface area contributed by atoms with Crippen LogP contribution in [0.1, 0.15) is 19.5 Å². The number of alkyl halides is 1. The Bertz CT molecular complexity index is 284. The molecule has 1 aromatic heterocycles. The van der Waals surface area contributed by atoms with E-state index in [9.17, 15) is 0 Å². The van der Waals surface area contributed by atoms with Gasteiger partial charge < -0.3 is 5.32 Å². The van der Waals surface area contributed by atoms with Crippen molar-refractivity contribution in [2.24, 2.45) is 0 Å². The Labute approximate surface area is 84.3 Å². The minimum absolute atomic E-state index is 0.109. The Morgan fingerprint density at radius 2 is 2.15 bits per heavy atom. The van der Waals surface area contributed by atoms with Crippen molar-refractivity contribution in [3.05, 3.63) is 23.9 Å². The number of halogens is 1. The van der Waals surface area contributed by atoms with E-state index >= 15 is 0 Å². The molecule has 0 atom stereocenters. The lowest BCUT2D eigenvalue weighted by Gasteiger charge is -2.23. The standard InChI is InChI=1S/C10H15ClN2/c1-8-5-4-6-9(12-8)13-10(2,3)7-11/h4-6H,7H2,1-3H3,(H,12,13). The van der Waals surface area contributed by atoms with E-state index < -0.39 is 0 Å². The van der Waals surface area contributed by atoms with Gasteiger partial charge in [-0.25, -0.2) is 4.98 Å². The highest BCUT2D eigenvalue weighted by Gasteiger charge is 2.15. The number of anilines is 1. The summed E-state index contributed by atoms with van der Waals surface area (Å²) in [6.45, 7) is 6.06. The summed E-state index contributed by atoms with van der Waals surface area (Å²) in [5.41, 5.74) is 0.901. The predicted octanol–water partition coefficient (Wildman–Crippen LogP) is 2.82. The number of hydrogen-bond acceptors (Lipinski definition) is 2. The molecule has 13 heavy (non-hydrogen) atoms. The molecule has 0 aliphatic heterocycles. The van der Waals surface area contributed by atoms with Crippen LogP contribution in [0.15, 0.2) is 18.2 Å². The summed E-state index contributed by atoms with van der Waals surface area (Å²) >= 11 is 5.79. The zero-order valence-electron chi connectivity index (χ0n) is 8.26. The quantitative estimate of drug-likeness (QED) is 0.756. The summed E-state index contributed by atoms with van der Waals surface area (Å²) in [5.74, 6) is 1.44. The van der Waals surface area contributed by atoms with Crippen LogP contribution in [0, 0.1) is 6.92 Å². The number of nitrogens with one attached hydrogen (secondary N) is 1. The normalized spacial score (nSPS) is 11.4. The average molecular weight is 199 g/mol. The summed E-state index contributed by atoms with van der Waals surface area (Å²) < 4.78 is 0. The van der Waals surface area contributed by atoms with Crippen molar-refractivity contribution >= 4 is 17.4 Å². The molecule has 1 aromatic rings. The molecular weight excluding hydrogens is 184 g/mol. The van der Waals surface area contributed by atoms with Gasteiger partial charge in [0.25, 0.3) is 0 Å². The van der Waals surface area contributed by atoms with Crippen LogP contribution in [0.5, 0.6) is 0 Å². The van der Waals surface area contributed by atoms with Gasteiger partial charge in [0.2, 0.25) is 0 Å². The Balaban J connectivity index is 2.74. The zero-order valence-corrected chi connectivity index (χ0v) is 9.02. The molecule has 2 nitrogen and oxygen atoms in total. The van der Waals surface area contributed by atoms with Gasteiger partial charge in [0.1, 0.15) is 5.82 Å². The molecule has 0 bridgehead atoms. The maximum absolute atomic E-state index is 5.79. The van der Waals surface area contributed by atoms with E-state index in [2.05, 4.69) is 10.3 Å². The zero-order chi connectivity index (χ0) is 9.90. The lowest BCUT2D eigenvalue weighted by molar-refractivity contribution is 0.637. The smallest absolute Gasteiger partial charge is 0.126 e. The van der Waals surface area contributed by atoms with Crippen LogP contribution in [0.2, 0.25) is 0 Å². The molecule has 0 spiro atoms. The number of nitrogens with zero attached hydrogens (tertiary/aromatic N) is 1. The highest BCUT2D eigenvalue weighted by Crippen LogP contribution is 2.14. The second-order valence-corrected chi connectivity index (χ2v) is 4.07. The maximum Gasteiger partial charge on any atom is 0.126 e. The van der Waals surface area contributed by atoms with E-state index in [1.54, 1.807) is 0 Å². The minimum atomic E-state index is -0.109. The monoisotopic (exact) mass is 198 g/mol. The number of aryl methyl sites for hydroxylation is 1. The van der Waals surface area contributed by atoms with Crippen LogP contribution in [0.4, 0.5) is 5.82 Å². The lowest BCUT2D eigenvalue weighted by atomic mass is 10.1. The summed E-state index contributed by atoms with van der Waals surface area (Å²) in [7, 11) is 0. The first-order valence-corrected chi connectivity index (χ1v) is 4.85. The Morgan fingerprint density at radius 3 is 2.69 bits per heavy atom. The van der Waals surface area contributed by atoms with Gasteiger partial charge in [0, 0.05) is 17.1 Å². The van der Waals surface area contributed by atoms with E-state index in [4.69, 9.17) is 11.6 Å². The molecule has 72 valence electrons. The molecule has 1 heterocycles. The number of pyridine rings is 1. The predicted molar refractivity (Wildman–Crippen MR) is 57.4 cm³/mol. The van der Waals surface area contributed by atoms with Gasteiger partial charge in [-0.1, -0.05) is 6.07 Å². The van der Waals surface area contributed by atoms with Crippen LogP contribution >= 0.6 is 11.6 Å². The van der Waals surface area contributed by atoms with Crippen molar-refractivity contribution in [1.29, 1.82) is 0 Å². The summed E-state index contributed by atoms with van der Waals surface area (Å²) in [5, 5.41) is 3.27. The van der Waals surface area contributed by atoms with E-state index in [-0.39, 0.29) is 5.54 Å². The van der Waals surface area contributed by atoms with Crippen LogP contribution < -0.4 is 5.32 Å². The fourth-order valence-electron chi connectivity index (χ4n) is 0.993. The maximum atomic E-state index is 5.79. The Morgan fingerprint density at radius 1 is 1.46 bits per heavy atom. The van der Waals surface area contributed by atoms with Gasteiger partial charge in [0.05, 0.1) is 0 Å². The fourth-order valence-corrected chi connectivity index (χ4v) is 1.06. The molecule has 0 fully saturated rings. The van der Waals surface area contributed by atoms with Crippen molar-refractivity contribution in [3.63, 3.8) is 0 Å². The number of aromatic nitrogens is 1. The van der Waals surface area contributed by atoms with Gasteiger partial charge in [-0.2, -0.15) is 0 Å². The summed E-state index contributed by atoms with van der Waals surface area (Å²) in [6.07, 6.45) is 0. The van der Waals surface area contributed by atoms with Crippen molar-refractivity contribution in [1.82, 2.24) is 4.98 Å². The molecule has 0 unspecified atom stereocenters. The number of hydrogen-bond donors (Lipinski definition) is 1. The van der Waals surface area contributed by atoms with Crippen LogP contribution in [0.25, 0.3) is 0 Å². The molecule has 0 aromatic carbocycles. The third-order valence-electron chi connectivity index (χ3n) is 1.69. The molecule has 0 aliphatic carbocycles. The molecule has 3 heteroatoms. The summed E-state index contributed by atoms with van der Waals surface area (Å²) in [4.78, 5) is 4.34. The van der Waals surface area contributed by atoms with Crippen LogP contribution in [-0.4, -0.2) is 16.4 Å². The largest absolute Gasteiger partial charge is 0.364 e. The van der Waals surface area contributed by atoms with E-state index in [0.717, 1.165) is 11.5 Å². The third kappa shape index (κ3) is 3.23. The SMILES string of the molecule is Cc1cccc(NC(C)(C)CCl)n1. The third-order valence-corrected chi connectivity index (χ3v) is 2.36. The van der Waals surface area contributed by atoms with Crippen LogP contribution in [0.3, 0.4) is 0 Å². The molecule has 1 rings (SSSR count). The van der Waals surface area contributed by atoms with Gasteiger partial charge in [-0.05, 0) is 32.9 Å². The van der Waals surface area contributed by atoms with Crippen molar-refractivity contribution in [2.75, 3.05) is 11.2 Å². The van der Waals surface area contributed by atoms with E-state index in [1.165, 1.54) is 0 Å². The average Bonchev–Trinajstić information content (AvgIpc) is 2.03. The molecule has 1 N–H and O–H groups in total. The second-order valence-electron chi connectivity index (χ2n) is 3.81. The molecule has 0 saturated heterocycles. The van der Waals surface area contributed by atoms with Gasteiger partial charge in [-0.15, -0.1) is 11.6 Å². The van der Waals surface area contributed by atoms with Gasteiger partial charge in [0.15, 0.2) is 0 Å². The Kier molecular flexibility index (Phi) is 3.15. The highest BCUT2D eigenvalue weighted by atomic mass is 35.5. The summed E-state index contributed by atoms with van der Waals surface area (Å²) in [6, 6.07) is 5.90. The lowest BCUT2D eigenvalue weighted by Crippen LogP contribution is -2.33. The molecule has 0 aliphatic rings. The second kappa shape index (κ2) is 3.97. The number of rotatable bonds is 3. The molecule has 0 radical (unpaired) electrons. The van der Waals surface area contributed by atoms with Crippen LogP contribution in [-0.2, 0) is 0 Å². The minimum Gasteiger partial charge on any atom is -0.364 e. The molecular formula is C10H15ClN2. The Hall–Kier alpha value is -0.760. The van der Waals surface area contributed by atoms with Gasteiger partial charge in [-0.3, -0.25) is 0 Å². The van der Waals surface area contributed by atoms with Crippen molar-refractivity contribution in [3.8, 4) is 0 Å². The first-order valence-electron chi connectivity index (χ1n) is 4.31. The molecule has 0 amide bonds. The first-order chi connectivity index (χ1) is 6.03. The molecule has 0 saturated carbocycles. The fraction of sp³-hybridized carbons (Fsp3) is 0.500. The topological polar surface area (TPSA) is 24.9 Å². The van der Waals surface area contributed by atoms with Crippen molar-refractivity contribution in [2.45, 2.75) is 26.3 Å². The van der Waals surface area contributed by atoms with Gasteiger partial charge >= 0.3 is 0 Å². The van der Waals surface area contributed by atoms with Crippen molar-refractivity contribution < 1.29 is 0 Å².